The summed E-state index contributed by atoms with van der Waals surface area (Å²) in [5.74, 6) is 0. The number of alkyl halides is 2. The third kappa shape index (κ3) is 3.84. The minimum absolute atomic E-state index is 0.0354. The Bertz CT molecular complexity index is 1140. The van der Waals surface area contributed by atoms with Gasteiger partial charge in [-0.15, -0.1) is 0 Å². The molecule has 5 nitrogen and oxygen atoms in total. The normalized spacial score (nSPS) is 10.8. The number of rotatable bonds is 5. The van der Waals surface area contributed by atoms with Gasteiger partial charge in [0.15, 0.2) is 0 Å². The summed E-state index contributed by atoms with van der Waals surface area (Å²) >= 11 is 5.90. The molecule has 0 spiro atoms. The van der Waals surface area contributed by atoms with Gasteiger partial charge in [0.05, 0.1) is 23.8 Å². The first-order chi connectivity index (χ1) is 13.9. The Kier molecular flexibility index (Phi) is 5.93. The largest absolute Gasteiger partial charge is 0.392 e. The van der Waals surface area contributed by atoms with Crippen molar-refractivity contribution in [2.45, 2.75) is 26.5 Å². The molecule has 0 aliphatic heterocycles. The molecular weight excluding hydrogens is 398 g/mol. The fraction of sp³-hybridized carbons (Fsp3) is 0.190. The topological polar surface area (TPSA) is 85.6 Å². The molecule has 1 aromatic carbocycles. The molecule has 0 saturated heterocycles. The lowest BCUT2D eigenvalue weighted by Gasteiger charge is -2.12. The zero-order valence-electron chi connectivity index (χ0n) is 15.3. The predicted molar refractivity (Wildman–Crippen MR) is 103 cm³/mol. The molecule has 0 amide bonds. The van der Waals surface area contributed by atoms with E-state index in [0.29, 0.717) is 33.5 Å². The molecule has 146 valence electrons. The van der Waals surface area contributed by atoms with Crippen LogP contribution in [0.4, 0.5) is 8.78 Å². The van der Waals surface area contributed by atoms with Crippen molar-refractivity contribution < 1.29 is 13.9 Å². The summed E-state index contributed by atoms with van der Waals surface area (Å²) in [5, 5.41) is 28.1. The fourth-order valence-corrected chi connectivity index (χ4v) is 3.45. The van der Waals surface area contributed by atoms with Crippen LogP contribution in [0.2, 0.25) is 5.15 Å². The summed E-state index contributed by atoms with van der Waals surface area (Å²) in [6.07, 6.45) is -1.42. The van der Waals surface area contributed by atoms with E-state index in [2.05, 4.69) is 4.98 Å². The minimum atomic E-state index is -2.87. The SMILES string of the molecule is Cc1c(-c2ccc(C#N)cc2)c(C#N)c(C(F)F)n1Cc1cnc(Cl)c(CO)c1. The van der Waals surface area contributed by atoms with Crippen molar-refractivity contribution in [3.63, 3.8) is 0 Å². The molecule has 0 atom stereocenters. The van der Waals surface area contributed by atoms with Crippen LogP contribution in [0.25, 0.3) is 11.1 Å². The Hall–Kier alpha value is -3.26. The Morgan fingerprint density at radius 1 is 1.21 bits per heavy atom. The molecular formula is C21H15ClF2N4O. The van der Waals surface area contributed by atoms with Crippen molar-refractivity contribution in [2.24, 2.45) is 0 Å². The standard InChI is InChI=1S/C21H15ClF2N4O/c1-12-18(15-4-2-13(7-25)3-5-15)17(8-26)19(21(23)24)28(12)10-14-6-16(11-29)20(22)27-9-14/h2-6,9,21,29H,10-11H2,1H3. The lowest BCUT2D eigenvalue weighted by atomic mass is 10.00. The van der Waals surface area contributed by atoms with E-state index in [4.69, 9.17) is 16.9 Å². The van der Waals surface area contributed by atoms with E-state index in [0.717, 1.165) is 0 Å². The third-order valence-corrected chi connectivity index (χ3v) is 5.00. The van der Waals surface area contributed by atoms with Gasteiger partial charge in [0.25, 0.3) is 6.43 Å². The number of aliphatic hydroxyl groups excluding tert-OH is 1. The molecule has 0 unspecified atom stereocenters. The van der Waals surface area contributed by atoms with Crippen molar-refractivity contribution in [3.05, 3.63) is 75.3 Å². The van der Waals surface area contributed by atoms with Crippen LogP contribution in [0, 0.1) is 29.6 Å². The molecule has 29 heavy (non-hydrogen) atoms. The summed E-state index contributed by atoms with van der Waals surface area (Å²) in [7, 11) is 0. The molecule has 2 aromatic heterocycles. The molecule has 0 bridgehead atoms. The Morgan fingerprint density at radius 2 is 1.90 bits per heavy atom. The molecule has 0 saturated carbocycles. The quantitative estimate of drug-likeness (QED) is 0.613. The molecule has 1 N–H and O–H groups in total. The molecule has 2 heterocycles. The number of benzene rings is 1. The van der Waals surface area contributed by atoms with Crippen LogP contribution in [0.15, 0.2) is 36.5 Å². The number of nitriles is 2. The number of hydrogen-bond donors (Lipinski definition) is 1. The van der Waals surface area contributed by atoms with Gasteiger partial charge >= 0.3 is 0 Å². The number of halogens is 3. The monoisotopic (exact) mass is 412 g/mol. The maximum absolute atomic E-state index is 13.9. The van der Waals surface area contributed by atoms with Crippen LogP contribution >= 0.6 is 11.6 Å². The molecule has 0 aliphatic carbocycles. The summed E-state index contributed by atoms with van der Waals surface area (Å²) in [4.78, 5) is 3.99. The van der Waals surface area contributed by atoms with Crippen LogP contribution in [0.1, 0.15) is 40.1 Å². The van der Waals surface area contributed by atoms with E-state index in [1.165, 1.54) is 10.8 Å². The Balaban J connectivity index is 2.18. The summed E-state index contributed by atoms with van der Waals surface area (Å²) < 4.78 is 29.2. The first kappa shape index (κ1) is 20.5. The highest BCUT2D eigenvalue weighted by Gasteiger charge is 2.27. The van der Waals surface area contributed by atoms with E-state index in [-0.39, 0.29) is 29.6 Å². The van der Waals surface area contributed by atoms with E-state index in [9.17, 15) is 19.1 Å². The van der Waals surface area contributed by atoms with Gasteiger partial charge in [0, 0.05) is 29.6 Å². The lowest BCUT2D eigenvalue weighted by molar-refractivity contribution is 0.141. The maximum atomic E-state index is 13.9. The number of aromatic nitrogens is 2. The number of hydrogen-bond acceptors (Lipinski definition) is 4. The number of nitrogens with zero attached hydrogens (tertiary/aromatic N) is 4. The average molecular weight is 413 g/mol. The van der Waals surface area contributed by atoms with Crippen LogP contribution in [0.3, 0.4) is 0 Å². The Labute approximate surface area is 171 Å². The zero-order chi connectivity index (χ0) is 21.1. The molecule has 0 fully saturated rings. The van der Waals surface area contributed by atoms with E-state index < -0.39 is 6.43 Å². The van der Waals surface area contributed by atoms with Gasteiger partial charge in [-0.1, -0.05) is 23.7 Å². The smallest absolute Gasteiger partial charge is 0.279 e. The van der Waals surface area contributed by atoms with E-state index >= 15 is 0 Å². The van der Waals surface area contributed by atoms with Gasteiger partial charge in [0.1, 0.15) is 16.9 Å². The Morgan fingerprint density at radius 3 is 2.45 bits per heavy atom. The number of pyridine rings is 1. The maximum Gasteiger partial charge on any atom is 0.279 e. The predicted octanol–water partition coefficient (Wildman–Crippen LogP) is 4.73. The van der Waals surface area contributed by atoms with Gasteiger partial charge in [-0.25, -0.2) is 13.8 Å². The highest BCUT2D eigenvalue weighted by molar-refractivity contribution is 6.30. The van der Waals surface area contributed by atoms with Crippen molar-refractivity contribution in [1.29, 1.82) is 10.5 Å². The highest BCUT2D eigenvalue weighted by atomic mass is 35.5. The first-order valence-corrected chi connectivity index (χ1v) is 8.95. The first-order valence-electron chi connectivity index (χ1n) is 8.57. The molecule has 0 radical (unpaired) electrons. The van der Waals surface area contributed by atoms with Crippen molar-refractivity contribution in [1.82, 2.24) is 9.55 Å². The van der Waals surface area contributed by atoms with Crippen molar-refractivity contribution in [2.75, 3.05) is 0 Å². The van der Waals surface area contributed by atoms with Gasteiger partial charge in [-0.3, -0.25) is 0 Å². The second-order valence-electron chi connectivity index (χ2n) is 6.36. The van der Waals surface area contributed by atoms with Gasteiger partial charge in [-0.2, -0.15) is 10.5 Å². The van der Waals surface area contributed by atoms with E-state index in [1.807, 2.05) is 12.1 Å². The second-order valence-corrected chi connectivity index (χ2v) is 6.72. The summed E-state index contributed by atoms with van der Waals surface area (Å²) in [5.41, 5.74) is 2.36. The minimum Gasteiger partial charge on any atom is -0.392 e. The fourth-order valence-electron chi connectivity index (χ4n) is 3.29. The third-order valence-electron chi connectivity index (χ3n) is 4.66. The van der Waals surface area contributed by atoms with Gasteiger partial charge < -0.3 is 9.67 Å². The van der Waals surface area contributed by atoms with Crippen LogP contribution in [0.5, 0.6) is 0 Å². The highest BCUT2D eigenvalue weighted by Crippen LogP contribution is 2.37. The van der Waals surface area contributed by atoms with E-state index in [1.54, 1.807) is 37.3 Å². The van der Waals surface area contributed by atoms with Crippen molar-refractivity contribution >= 4 is 11.6 Å². The summed E-state index contributed by atoms with van der Waals surface area (Å²) in [6, 6.07) is 11.9. The van der Waals surface area contributed by atoms with Gasteiger partial charge in [-0.05, 0) is 36.2 Å². The van der Waals surface area contributed by atoms with Gasteiger partial charge in [0.2, 0.25) is 0 Å². The molecule has 3 aromatic rings. The van der Waals surface area contributed by atoms with Crippen LogP contribution in [-0.2, 0) is 13.2 Å². The zero-order valence-corrected chi connectivity index (χ0v) is 16.1. The molecule has 3 rings (SSSR count). The summed E-state index contributed by atoms with van der Waals surface area (Å²) in [6.45, 7) is 1.37. The molecule has 8 heteroatoms. The molecule has 0 aliphatic rings. The second kappa shape index (κ2) is 8.40. The lowest BCUT2D eigenvalue weighted by Crippen LogP contribution is -2.08. The van der Waals surface area contributed by atoms with Crippen LogP contribution in [-0.4, -0.2) is 14.7 Å². The van der Waals surface area contributed by atoms with Crippen LogP contribution < -0.4 is 0 Å². The van der Waals surface area contributed by atoms with Crippen molar-refractivity contribution in [3.8, 4) is 23.3 Å². The average Bonchev–Trinajstić information content (AvgIpc) is 3.01. The number of aliphatic hydroxyl groups is 1.